The maximum Gasteiger partial charge on any atom is 0.319 e. The van der Waals surface area contributed by atoms with Gasteiger partial charge in [-0.25, -0.2) is 8.78 Å². The van der Waals surface area contributed by atoms with Crippen molar-refractivity contribution in [2.45, 2.75) is 24.6 Å². The molecule has 1 heterocycles. The Morgan fingerprint density at radius 1 is 1.43 bits per heavy atom. The Kier molecular flexibility index (Phi) is 3.63. The first kappa shape index (κ1) is 12.0. The first-order valence-electron chi connectivity index (χ1n) is 4.35. The molecule has 1 rings (SSSR count). The van der Waals surface area contributed by atoms with Crippen LogP contribution in [-0.4, -0.2) is 42.3 Å². The molecular formula is C8H12ClF4N. The second-order valence-corrected chi connectivity index (χ2v) is 4.31. The lowest BCUT2D eigenvalue weighted by atomic mass is 10.1. The zero-order valence-corrected chi connectivity index (χ0v) is 8.45. The summed E-state index contributed by atoms with van der Waals surface area (Å²) in [5, 5.41) is -0.219. The van der Waals surface area contributed by atoms with Gasteiger partial charge in [-0.15, -0.1) is 11.6 Å². The number of hydrogen-bond acceptors (Lipinski definition) is 1. The van der Waals surface area contributed by atoms with Gasteiger partial charge in [0.05, 0.1) is 11.9 Å². The number of alkyl halides is 5. The van der Waals surface area contributed by atoms with Crippen molar-refractivity contribution < 1.29 is 17.6 Å². The average Bonchev–Trinajstić information content (AvgIpc) is 2.29. The molecule has 1 nitrogen and oxygen atoms in total. The lowest BCUT2D eigenvalue weighted by Crippen LogP contribution is -2.40. The van der Waals surface area contributed by atoms with Crippen molar-refractivity contribution in [1.82, 2.24) is 4.90 Å². The molecule has 0 aliphatic carbocycles. The van der Waals surface area contributed by atoms with Gasteiger partial charge in [-0.3, -0.25) is 4.90 Å². The highest BCUT2D eigenvalue weighted by atomic mass is 35.5. The molecule has 0 N–H and O–H groups in total. The fourth-order valence-corrected chi connectivity index (χ4v) is 1.79. The molecule has 84 valence electrons. The van der Waals surface area contributed by atoms with E-state index in [1.807, 2.05) is 6.92 Å². The minimum Gasteiger partial charge on any atom is -0.295 e. The van der Waals surface area contributed by atoms with Crippen molar-refractivity contribution in [3.05, 3.63) is 0 Å². The quantitative estimate of drug-likeness (QED) is 0.535. The number of nitrogens with zero attached hydrogens (tertiary/aromatic N) is 1. The minimum absolute atomic E-state index is 0.0742. The van der Waals surface area contributed by atoms with Crippen molar-refractivity contribution in [3.63, 3.8) is 0 Å². The van der Waals surface area contributed by atoms with Crippen LogP contribution in [0.25, 0.3) is 0 Å². The minimum atomic E-state index is -3.93. The van der Waals surface area contributed by atoms with Crippen LogP contribution in [0, 0.1) is 5.92 Å². The predicted molar refractivity (Wildman–Crippen MR) is 46.2 cm³/mol. The van der Waals surface area contributed by atoms with Gasteiger partial charge in [-0.2, -0.15) is 8.78 Å². The van der Waals surface area contributed by atoms with Crippen molar-refractivity contribution in [2.24, 2.45) is 5.92 Å². The molecule has 0 aromatic rings. The highest BCUT2D eigenvalue weighted by Crippen LogP contribution is 2.28. The molecule has 14 heavy (non-hydrogen) atoms. The molecular weight excluding hydrogens is 222 g/mol. The highest BCUT2D eigenvalue weighted by Gasteiger charge is 2.44. The molecule has 0 bridgehead atoms. The molecule has 0 aromatic carbocycles. The first-order valence-corrected chi connectivity index (χ1v) is 4.79. The van der Waals surface area contributed by atoms with E-state index in [1.165, 1.54) is 4.90 Å². The van der Waals surface area contributed by atoms with Crippen molar-refractivity contribution in [1.29, 1.82) is 0 Å². The van der Waals surface area contributed by atoms with Crippen molar-refractivity contribution in [2.75, 3.05) is 19.6 Å². The highest BCUT2D eigenvalue weighted by molar-refractivity contribution is 6.21. The molecule has 1 aliphatic rings. The van der Waals surface area contributed by atoms with E-state index in [1.54, 1.807) is 0 Å². The Labute approximate surface area is 85.0 Å². The Balaban J connectivity index is 2.46. The second kappa shape index (κ2) is 4.23. The fourth-order valence-electron chi connectivity index (χ4n) is 1.52. The molecule has 0 radical (unpaired) electrons. The van der Waals surface area contributed by atoms with Crippen LogP contribution in [0.5, 0.6) is 0 Å². The lowest BCUT2D eigenvalue weighted by molar-refractivity contribution is -0.140. The number of halogens is 5. The number of likely N-dealkylation sites (tertiary alicyclic amines) is 1. The largest absolute Gasteiger partial charge is 0.319 e. The standard InChI is InChI=1S/C8H12ClF4N/c1-5-2-14(3-6(5)9)4-8(12,13)7(10)11/h5-7H,2-4H2,1H3. The summed E-state index contributed by atoms with van der Waals surface area (Å²) in [6.07, 6.45) is -3.60. The van der Waals surface area contributed by atoms with E-state index in [4.69, 9.17) is 11.6 Å². The van der Waals surface area contributed by atoms with Crippen LogP contribution in [0.15, 0.2) is 0 Å². The smallest absolute Gasteiger partial charge is 0.295 e. The molecule has 0 spiro atoms. The van der Waals surface area contributed by atoms with Crippen LogP contribution in [0.2, 0.25) is 0 Å². The zero-order chi connectivity index (χ0) is 10.9. The van der Waals surface area contributed by atoms with E-state index in [2.05, 4.69) is 0 Å². The van der Waals surface area contributed by atoms with Gasteiger partial charge < -0.3 is 0 Å². The Morgan fingerprint density at radius 2 is 2.00 bits per heavy atom. The van der Waals surface area contributed by atoms with E-state index in [0.717, 1.165) is 0 Å². The van der Waals surface area contributed by atoms with Gasteiger partial charge in [-0.05, 0) is 5.92 Å². The molecule has 0 saturated carbocycles. The first-order chi connectivity index (χ1) is 6.33. The molecule has 6 heteroatoms. The molecule has 2 atom stereocenters. The summed E-state index contributed by atoms with van der Waals surface area (Å²) in [4.78, 5) is 1.29. The summed E-state index contributed by atoms with van der Waals surface area (Å²) in [6.45, 7) is 1.53. The van der Waals surface area contributed by atoms with Crippen LogP contribution >= 0.6 is 11.6 Å². The molecule has 1 aliphatic heterocycles. The Bertz CT molecular complexity index is 190. The second-order valence-electron chi connectivity index (χ2n) is 3.75. The van der Waals surface area contributed by atoms with Crippen LogP contribution in [0.4, 0.5) is 17.6 Å². The maximum atomic E-state index is 12.6. The van der Waals surface area contributed by atoms with Gasteiger partial charge >= 0.3 is 12.3 Å². The summed E-state index contributed by atoms with van der Waals surface area (Å²) in [6, 6.07) is 0. The van der Waals surface area contributed by atoms with E-state index >= 15 is 0 Å². The lowest BCUT2D eigenvalue weighted by Gasteiger charge is -2.22. The van der Waals surface area contributed by atoms with Crippen LogP contribution in [0.3, 0.4) is 0 Å². The molecule has 0 amide bonds. The van der Waals surface area contributed by atoms with Gasteiger partial charge in [0.1, 0.15) is 0 Å². The summed E-state index contributed by atoms with van der Waals surface area (Å²) in [7, 11) is 0. The Morgan fingerprint density at radius 3 is 2.36 bits per heavy atom. The third kappa shape index (κ3) is 2.73. The van der Waals surface area contributed by atoms with Gasteiger partial charge in [0, 0.05) is 13.1 Å². The number of hydrogen-bond donors (Lipinski definition) is 0. The zero-order valence-electron chi connectivity index (χ0n) is 7.69. The third-order valence-electron chi connectivity index (χ3n) is 2.35. The van der Waals surface area contributed by atoms with E-state index in [-0.39, 0.29) is 17.8 Å². The summed E-state index contributed by atoms with van der Waals surface area (Å²) < 4.78 is 48.9. The van der Waals surface area contributed by atoms with Gasteiger partial charge in [0.15, 0.2) is 0 Å². The molecule has 2 unspecified atom stereocenters. The SMILES string of the molecule is CC1CN(CC(F)(F)C(F)F)CC1Cl. The normalized spacial score (nSPS) is 30.2. The van der Waals surface area contributed by atoms with Crippen LogP contribution in [-0.2, 0) is 0 Å². The summed E-state index contributed by atoms with van der Waals surface area (Å²) in [5.41, 5.74) is 0. The Hall–Kier alpha value is -0.0300. The average molecular weight is 234 g/mol. The van der Waals surface area contributed by atoms with Gasteiger partial charge in [0.2, 0.25) is 0 Å². The third-order valence-corrected chi connectivity index (χ3v) is 2.92. The predicted octanol–water partition coefficient (Wildman–Crippen LogP) is 2.45. The van der Waals surface area contributed by atoms with Gasteiger partial charge in [0.25, 0.3) is 0 Å². The molecule has 1 fully saturated rings. The van der Waals surface area contributed by atoms with Crippen LogP contribution in [0.1, 0.15) is 6.92 Å². The van der Waals surface area contributed by atoms with E-state index < -0.39 is 18.9 Å². The topological polar surface area (TPSA) is 3.24 Å². The van der Waals surface area contributed by atoms with Crippen molar-refractivity contribution >= 4 is 11.6 Å². The number of rotatable bonds is 3. The van der Waals surface area contributed by atoms with Crippen molar-refractivity contribution in [3.8, 4) is 0 Å². The molecule has 0 aromatic heterocycles. The molecule has 1 saturated heterocycles. The maximum absolute atomic E-state index is 12.6. The van der Waals surface area contributed by atoms with E-state index in [0.29, 0.717) is 6.54 Å². The van der Waals surface area contributed by atoms with Gasteiger partial charge in [-0.1, -0.05) is 6.92 Å². The van der Waals surface area contributed by atoms with E-state index in [9.17, 15) is 17.6 Å². The van der Waals surface area contributed by atoms with Crippen LogP contribution < -0.4 is 0 Å². The summed E-state index contributed by atoms with van der Waals surface area (Å²) in [5.74, 6) is -3.86. The summed E-state index contributed by atoms with van der Waals surface area (Å²) >= 11 is 5.79. The monoisotopic (exact) mass is 233 g/mol. The fraction of sp³-hybridized carbons (Fsp3) is 1.00.